The van der Waals surface area contributed by atoms with E-state index in [-0.39, 0.29) is 19.1 Å². The molecule has 136 valence electrons. The number of fused-ring (bicyclic) bond motifs is 2. The second kappa shape index (κ2) is 7.64. The minimum atomic E-state index is -0.173. The average Bonchev–Trinajstić information content (AvgIpc) is 3.30. The van der Waals surface area contributed by atoms with Gasteiger partial charge in [0, 0.05) is 29.3 Å². The number of ether oxygens (including phenoxy) is 2. The number of carbonyl (C=O) groups excluding carboxylic acids is 1. The Morgan fingerprint density at radius 3 is 2.85 bits per heavy atom. The zero-order valence-corrected chi connectivity index (χ0v) is 17.1. The average molecular weight is 427 g/mol. The molecule has 1 aromatic carbocycles. The maximum atomic E-state index is 12.4. The molecule has 3 heterocycles. The van der Waals surface area contributed by atoms with Gasteiger partial charge in [-0.3, -0.25) is 4.79 Å². The first kappa shape index (κ1) is 17.9. The Bertz CT molecular complexity index is 1040. The van der Waals surface area contributed by atoms with Gasteiger partial charge in [0.2, 0.25) is 6.79 Å². The third-order valence-electron chi connectivity index (χ3n) is 3.87. The van der Waals surface area contributed by atoms with E-state index in [1.807, 2.05) is 18.2 Å². The highest BCUT2D eigenvalue weighted by Crippen LogP contribution is 2.37. The molecule has 2 aromatic heterocycles. The Labute approximate surface area is 167 Å². The van der Waals surface area contributed by atoms with E-state index in [4.69, 9.17) is 21.1 Å². The van der Waals surface area contributed by atoms with Crippen molar-refractivity contribution in [2.45, 2.75) is 13.0 Å². The molecule has 9 heteroatoms. The molecule has 1 aliphatic heterocycles. The summed E-state index contributed by atoms with van der Waals surface area (Å²) in [6.07, 6.45) is 2.32. The van der Waals surface area contributed by atoms with Gasteiger partial charge in [-0.1, -0.05) is 22.9 Å². The molecule has 4 rings (SSSR count). The van der Waals surface area contributed by atoms with E-state index >= 15 is 0 Å². The van der Waals surface area contributed by atoms with E-state index in [1.165, 1.54) is 22.7 Å². The van der Waals surface area contributed by atoms with E-state index < -0.39 is 0 Å². The lowest BCUT2D eigenvalue weighted by molar-refractivity contribution is -0.117. The Morgan fingerprint density at radius 1 is 1.31 bits per heavy atom. The summed E-state index contributed by atoms with van der Waals surface area (Å²) >= 11 is 10.6. The summed E-state index contributed by atoms with van der Waals surface area (Å²) in [5.41, 5.74) is 1.01. The van der Waals surface area contributed by atoms with Gasteiger partial charge in [-0.2, -0.15) is 16.8 Å². The van der Waals surface area contributed by atoms with Crippen LogP contribution in [-0.4, -0.2) is 29.3 Å². The predicted molar refractivity (Wildman–Crippen MR) is 108 cm³/mol. The number of hydrogen-bond acceptors (Lipinski definition) is 6. The number of aromatic nitrogens is 1. The minimum Gasteiger partial charge on any atom is -0.454 e. The fraction of sp³-hybridized carbons (Fsp3) is 0.294. The number of nitrogens with zero attached hydrogens (tertiary/aromatic N) is 2. The molecule has 0 N–H and O–H groups in total. The van der Waals surface area contributed by atoms with E-state index in [2.05, 4.69) is 15.8 Å². The molecule has 1 aliphatic rings. The fourth-order valence-corrected chi connectivity index (χ4v) is 5.21. The van der Waals surface area contributed by atoms with Gasteiger partial charge in [-0.15, -0.1) is 11.3 Å². The van der Waals surface area contributed by atoms with Crippen LogP contribution in [-0.2, 0) is 17.8 Å². The van der Waals surface area contributed by atoms with Gasteiger partial charge in [-0.25, -0.2) is 0 Å². The quantitative estimate of drug-likeness (QED) is 0.614. The van der Waals surface area contributed by atoms with Gasteiger partial charge >= 0.3 is 0 Å². The van der Waals surface area contributed by atoms with Crippen molar-refractivity contribution in [2.24, 2.45) is 4.99 Å². The molecule has 26 heavy (non-hydrogen) atoms. The Kier molecular flexibility index (Phi) is 5.26. The van der Waals surface area contributed by atoms with Gasteiger partial charge in [0.15, 0.2) is 16.3 Å². The van der Waals surface area contributed by atoms with Crippen LogP contribution in [0.1, 0.15) is 4.88 Å². The van der Waals surface area contributed by atoms with Gasteiger partial charge in [-0.05, 0) is 18.4 Å². The number of halogens is 1. The van der Waals surface area contributed by atoms with Gasteiger partial charge < -0.3 is 14.0 Å². The molecule has 0 spiro atoms. The first-order chi connectivity index (χ1) is 12.6. The standard InChI is InChI=1S/C17H15ClN2O3S3/c1-24-5-4-20-11-7-12-13(23-9-22-12)8-14(11)26-17(20)19-16(21)6-10-2-3-15(18)25-10/h2-3,7-8H,4-6,9H2,1H3. The molecule has 0 fully saturated rings. The topological polar surface area (TPSA) is 52.8 Å². The molecule has 5 nitrogen and oxygen atoms in total. The van der Waals surface area contributed by atoms with Crippen LogP contribution in [0.15, 0.2) is 29.3 Å². The molecule has 0 atom stereocenters. The summed E-state index contributed by atoms with van der Waals surface area (Å²) in [5, 5.41) is 0. The predicted octanol–water partition coefficient (Wildman–Crippen LogP) is 4.18. The van der Waals surface area contributed by atoms with Crippen molar-refractivity contribution >= 4 is 62.2 Å². The maximum Gasteiger partial charge on any atom is 0.253 e. The monoisotopic (exact) mass is 426 g/mol. The van der Waals surface area contributed by atoms with Crippen molar-refractivity contribution in [1.82, 2.24) is 4.57 Å². The summed E-state index contributed by atoms with van der Waals surface area (Å²) in [4.78, 5) is 18.4. The number of aryl methyl sites for hydroxylation is 1. The van der Waals surface area contributed by atoms with Gasteiger partial charge in [0.25, 0.3) is 5.91 Å². The van der Waals surface area contributed by atoms with Crippen LogP contribution in [0.4, 0.5) is 0 Å². The number of carbonyl (C=O) groups is 1. The fourth-order valence-electron chi connectivity index (χ4n) is 2.69. The molecular weight excluding hydrogens is 412 g/mol. The van der Waals surface area contributed by atoms with Crippen molar-refractivity contribution in [1.29, 1.82) is 0 Å². The number of amides is 1. The molecule has 0 saturated carbocycles. The van der Waals surface area contributed by atoms with E-state index in [1.54, 1.807) is 17.8 Å². The van der Waals surface area contributed by atoms with Crippen LogP contribution in [0.5, 0.6) is 11.5 Å². The molecule has 1 amide bonds. The minimum absolute atomic E-state index is 0.173. The summed E-state index contributed by atoms with van der Waals surface area (Å²) in [6, 6.07) is 7.60. The van der Waals surface area contributed by atoms with Crippen LogP contribution in [0.3, 0.4) is 0 Å². The van der Waals surface area contributed by atoms with E-state index in [9.17, 15) is 4.79 Å². The first-order valence-electron chi connectivity index (χ1n) is 7.88. The first-order valence-corrected chi connectivity index (χ1v) is 11.3. The van der Waals surface area contributed by atoms with E-state index in [0.29, 0.717) is 9.14 Å². The number of benzene rings is 1. The highest BCUT2D eigenvalue weighted by atomic mass is 35.5. The lowest BCUT2D eigenvalue weighted by Crippen LogP contribution is -2.18. The van der Waals surface area contributed by atoms with Crippen LogP contribution < -0.4 is 14.3 Å². The molecule has 0 radical (unpaired) electrons. The van der Waals surface area contributed by atoms with Crippen molar-refractivity contribution in [3.8, 4) is 11.5 Å². The van der Waals surface area contributed by atoms with Crippen molar-refractivity contribution in [2.75, 3.05) is 18.8 Å². The number of hydrogen-bond donors (Lipinski definition) is 0. The summed E-state index contributed by atoms with van der Waals surface area (Å²) in [6.45, 7) is 1.02. The van der Waals surface area contributed by atoms with Crippen LogP contribution in [0.25, 0.3) is 10.2 Å². The molecule has 3 aromatic rings. The van der Waals surface area contributed by atoms with Crippen LogP contribution in [0, 0.1) is 0 Å². The largest absolute Gasteiger partial charge is 0.454 e. The Hall–Kier alpha value is -1.48. The van der Waals surface area contributed by atoms with Gasteiger partial charge in [0.05, 0.1) is 21.0 Å². The smallest absolute Gasteiger partial charge is 0.253 e. The lowest BCUT2D eigenvalue weighted by Gasteiger charge is -2.04. The molecular formula is C17H15ClN2O3S3. The summed E-state index contributed by atoms with van der Waals surface area (Å²) in [5.74, 6) is 2.23. The molecule has 0 aliphatic carbocycles. The van der Waals surface area contributed by atoms with Crippen molar-refractivity contribution < 1.29 is 14.3 Å². The highest BCUT2D eigenvalue weighted by Gasteiger charge is 2.18. The van der Waals surface area contributed by atoms with Crippen molar-refractivity contribution in [3.63, 3.8) is 0 Å². The molecule has 0 bridgehead atoms. The Balaban J connectivity index is 1.73. The third kappa shape index (κ3) is 3.64. The Morgan fingerprint density at radius 2 is 2.12 bits per heavy atom. The highest BCUT2D eigenvalue weighted by molar-refractivity contribution is 7.98. The van der Waals surface area contributed by atoms with E-state index in [0.717, 1.165) is 38.9 Å². The SMILES string of the molecule is CSCCn1c(=NC(=O)Cc2ccc(Cl)s2)sc2cc3c(cc21)OCO3. The van der Waals surface area contributed by atoms with Crippen LogP contribution in [0.2, 0.25) is 4.34 Å². The summed E-state index contributed by atoms with van der Waals surface area (Å²) in [7, 11) is 0. The second-order valence-electron chi connectivity index (χ2n) is 5.59. The van der Waals surface area contributed by atoms with Crippen LogP contribution >= 0.6 is 46.0 Å². The number of thiophene rings is 1. The number of thiazole rings is 1. The lowest BCUT2D eigenvalue weighted by atomic mass is 10.3. The van der Waals surface area contributed by atoms with Gasteiger partial charge in [0.1, 0.15) is 0 Å². The summed E-state index contributed by atoms with van der Waals surface area (Å²) < 4.78 is 14.7. The second-order valence-corrected chi connectivity index (χ2v) is 9.38. The number of rotatable bonds is 5. The zero-order chi connectivity index (χ0) is 18.1. The third-order valence-corrected chi connectivity index (χ3v) is 6.73. The normalized spacial score (nSPS) is 13.7. The maximum absolute atomic E-state index is 12.4. The molecule has 0 unspecified atom stereocenters. The number of thioether (sulfide) groups is 1. The van der Waals surface area contributed by atoms with Crippen molar-refractivity contribution in [3.05, 3.63) is 38.3 Å². The zero-order valence-electron chi connectivity index (χ0n) is 13.9. The molecule has 0 saturated heterocycles.